The monoisotopic (exact) mass is 873 g/mol. The van der Waals surface area contributed by atoms with Crippen molar-refractivity contribution in [3.8, 4) is 0 Å². The van der Waals surface area contributed by atoms with Crippen molar-refractivity contribution < 1.29 is 24.8 Å². The van der Waals surface area contributed by atoms with Crippen molar-refractivity contribution in [2.24, 2.45) is 0 Å². The molecule has 0 aliphatic heterocycles. The predicted molar refractivity (Wildman–Crippen MR) is 190 cm³/mol. The van der Waals surface area contributed by atoms with Gasteiger partial charge in [-0.3, -0.25) is 0 Å². The molecule has 0 unspecified atom stereocenters. The van der Waals surface area contributed by atoms with E-state index in [4.69, 9.17) is 6.94 Å². The molecule has 0 aromatic heterocycles. The molecular weight excluding hydrogens is 839 g/mol. The van der Waals surface area contributed by atoms with Crippen LogP contribution in [0.1, 0.15) is 0 Å². The fourth-order valence-corrected chi connectivity index (χ4v) is 9.78. The van der Waals surface area contributed by atoms with E-state index < -0.39 is 33.7 Å². The van der Waals surface area contributed by atoms with Gasteiger partial charge in [0.05, 0.1) is 15.8 Å². The van der Waals surface area contributed by atoms with E-state index in [0.29, 0.717) is 0 Å². The van der Waals surface area contributed by atoms with E-state index in [-0.39, 0.29) is 24.0 Å². The fraction of sp³-hybridized carbons (Fsp3) is 0. The molecule has 6 aromatic carbocycles. The van der Waals surface area contributed by atoms with Gasteiger partial charge < -0.3 is 0 Å². The van der Waals surface area contributed by atoms with Crippen molar-refractivity contribution in [1.29, 1.82) is 0 Å². The van der Waals surface area contributed by atoms with Crippen LogP contribution < -0.4 is 31.8 Å². The van der Waals surface area contributed by atoms with Gasteiger partial charge in [0.2, 0.25) is 0 Å². The quantitative estimate of drug-likeness (QED) is 0.138. The number of hydrogen-bond donors (Lipinski definition) is 0. The van der Waals surface area contributed by atoms with Crippen LogP contribution in [-0.4, -0.2) is 0 Å². The third kappa shape index (κ3) is 10.2. The Morgan fingerprint density at radius 1 is 0.286 bits per heavy atom. The summed E-state index contributed by atoms with van der Waals surface area (Å²) in [6.07, 6.45) is 0. The Bertz CT molecular complexity index is 1280. The molecule has 211 valence electrons. The van der Waals surface area contributed by atoms with E-state index in [1.165, 1.54) is 31.8 Å². The molecule has 42 heavy (non-hydrogen) atoms. The van der Waals surface area contributed by atoms with Gasteiger partial charge in [-0.2, -0.15) is 0 Å². The molecule has 0 saturated carbocycles. The molecule has 0 N–H and O–H groups in total. The van der Waals surface area contributed by atoms with Crippen LogP contribution in [0.15, 0.2) is 182 Å². The predicted octanol–water partition coefficient (Wildman–Crippen LogP) is 6.73. The molecule has 0 fully saturated rings. The molecule has 0 bridgehead atoms. The fourth-order valence-electron chi connectivity index (χ4n) is 4.63. The van der Waals surface area contributed by atoms with Crippen molar-refractivity contribution in [2.45, 2.75) is 0 Å². The van der Waals surface area contributed by atoms with Gasteiger partial charge in [0.15, 0.2) is 0 Å². The van der Waals surface area contributed by atoms with Gasteiger partial charge in [-0.25, -0.2) is 0 Å². The van der Waals surface area contributed by atoms with E-state index >= 15 is 0 Å². The maximum absolute atomic E-state index is 8.53. The molecule has 0 atom stereocenters. The minimum Gasteiger partial charge on any atom is -0.0620 e. The third-order valence-corrected chi connectivity index (χ3v) is 11.8. The van der Waals surface area contributed by atoms with E-state index in [2.05, 4.69) is 182 Å². The second-order valence-corrected chi connectivity index (χ2v) is 14.4. The Morgan fingerprint density at radius 3 is 0.524 bits per heavy atom. The molecule has 2 nitrogen and oxygen atoms in total. The molecule has 0 spiro atoms. The first kappa shape index (κ1) is 33.7. The smallest absolute Gasteiger partial charge is 0.0620 e. The molecule has 0 radical (unpaired) electrons. The first-order valence-electron chi connectivity index (χ1n) is 13.3. The minimum atomic E-state index is -2.17. The van der Waals surface area contributed by atoms with Crippen LogP contribution in [0.4, 0.5) is 0 Å². The molecular formula is C36H33IO2P2Re+2. The molecule has 0 amide bonds. The van der Waals surface area contributed by atoms with E-state index in [9.17, 15) is 0 Å². The largest absolute Gasteiger partial charge is 0.102 e. The van der Waals surface area contributed by atoms with Crippen LogP contribution in [0.3, 0.4) is 0 Å². The zero-order valence-electron chi connectivity index (χ0n) is 22.9. The van der Waals surface area contributed by atoms with Crippen LogP contribution in [0.2, 0.25) is 0 Å². The second-order valence-electron chi connectivity index (χ2n) is 9.01. The molecule has 0 saturated heterocycles. The first-order valence-corrected chi connectivity index (χ1v) is 18.5. The molecule has 6 rings (SSSR count). The normalized spacial score (nSPS) is 9.86. The van der Waals surface area contributed by atoms with Crippen LogP contribution in [-0.2, 0) is 24.8 Å². The zero-order chi connectivity index (χ0) is 28.5. The topological polar surface area (TPSA) is 34.1 Å². The second kappa shape index (κ2) is 19.4. The Kier molecular flexibility index (Phi) is 15.5. The summed E-state index contributed by atoms with van der Waals surface area (Å²) in [5.74, 6) is 0. The van der Waals surface area contributed by atoms with Gasteiger partial charge in [-0.1, -0.05) is 109 Å². The molecule has 0 aliphatic carbocycles. The SMILES string of the molecule is I.[O]=[Re]=[O].c1ccc([PH+](c2ccccc2)c2ccccc2)cc1.c1ccc([PH+](c2ccccc2)c2ccccc2)cc1. The Balaban J connectivity index is 0.000000207. The number of hydrogen-bond acceptors (Lipinski definition) is 2. The van der Waals surface area contributed by atoms with Crippen molar-refractivity contribution in [1.82, 2.24) is 0 Å². The van der Waals surface area contributed by atoms with E-state index in [1.54, 1.807) is 0 Å². The summed E-state index contributed by atoms with van der Waals surface area (Å²) in [5, 5.41) is 8.61. The van der Waals surface area contributed by atoms with E-state index in [1.807, 2.05) is 0 Å². The summed E-state index contributed by atoms with van der Waals surface area (Å²) in [4.78, 5) is 0. The minimum absolute atomic E-state index is 0. The number of halogens is 1. The van der Waals surface area contributed by atoms with Crippen LogP contribution >= 0.6 is 39.8 Å². The summed E-state index contributed by atoms with van der Waals surface area (Å²) < 4.78 is 17.1. The molecule has 0 heterocycles. The average molecular weight is 873 g/mol. The van der Waals surface area contributed by atoms with Crippen LogP contribution in [0.5, 0.6) is 0 Å². The van der Waals surface area contributed by atoms with Gasteiger partial charge in [-0.15, -0.1) is 24.0 Å². The van der Waals surface area contributed by atoms with E-state index in [0.717, 1.165) is 0 Å². The number of benzene rings is 6. The van der Waals surface area contributed by atoms with Gasteiger partial charge >= 0.3 is 24.8 Å². The Labute approximate surface area is 276 Å². The standard InChI is InChI=1S/2C18H15P.HI.2O.Re/c2*1-4-10-16(11-5-1)19(17-12-6-2-7-13-17)18-14-8-3-9-15-18;;;;/h2*1-15H;1H;;;/p+2. The van der Waals surface area contributed by atoms with Gasteiger partial charge in [0.25, 0.3) is 0 Å². The average Bonchev–Trinajstić information content (AvgIpc) is 3.05. The zero-order valence-corrected chi connectivity index (χ0v) is 30.0. The van der Waals surface area contributed by atoms with Crippen LogP contribution in [0.25, 0.3) is 0 Å². The molecule has 6 aromatic rings. The third-order valence-electron chi connectivity index (χ3n) is 6.37. The Morgan fingerprint density at radius 2 is 0.405 bits per heavy atom. The summed E-state index contributed by atoms with van der Waals surface area (Å²) >= 11 is -2.17. The van der Waals surface area contributed by atoms with Gasteiger partial charge in [0.1, 0.15) is 31.8 Å². The van der Waals surface area contributed by atoms with Crippen molar-refractivity contribution >= 4 is 71.6 Å². The first-order chi connectivity index (χ1) is 20.3. The van der Waals surface area contributed by atoms with Gasteiger partial charge in [0, 0.05) is 0 Å². The molecule has 6 heteroatoms. The summed E-state index contributed by atoms with van der Waals surface area (Å²) in [7, 11) is -1.75. The molecule has 0 aliphatic rings. The van der Waals surface area contributed by atoms with Gasteiger partial charge in [-0.05, 0) is 72.8 Å². The van der Waals surface area contributed by atoms with Crippen molar-refractivity contribution in [3.05, 3.63) is 182 Å². The maximum Gasteiger partial charge on any atom is 0.102 e. The summed E-state index contributed by atoms with van der Waals surface area (Å²) in [6.45, 7) is 0. The maximum atomic E-state index is 8.53. The number of rotatable bonds is 6. The summed E-state index contributed by atoms with van der Waals surface area (Å²) in [6, 6.07) is 65.0. The van der Waals surface area contributed by atoms with Crippen molar-refractivity contribution in [3.63, 3.8) is 0 Å². The Hall–Kier alpha value is -2.83. The van der Waals surface area contributed by atoms with Crippen LogP contribution in [0, 0.1) is 0 Å². The summed E-state index contributed by atoms with van der Waals surface area (Å²) in [5.41, 5.74) is 0. The van der Waals surface area contributed by atoms with Crippen molar-refractivity contribution in [2.75, 3.05) is 0 Å².